The van der Waals surface area contributed by atoms with Gasteiger partial charge in [-0.05, 0) is 50.2 Å². The van der Waals surface area contributed by atoms with Gasteiger partial charge in [0, 0.05) is 29.2 Å². The molecule has 0 aliphatic rings. The van der Waals surface area contributed by atoms with Gasteiger partial charge in [-0.25, -0.2) is 13.8 Å². The number of carboxylic acid groups (broad SMARTS) is 1. The van der Waals surface area contributed by atoms with E-state index in [0.29, 0.717) is 22.8 Å². The maximum absolute atomic E-state index is 12.4. The number of benzene rings is 1. The van der Waals surface area contributed by atoms with Crippen molar-refractivity contribution < 1.29 is 23.4 Å². The molecule has 0 amide bonds. The van der Waals surface area contributed by atoms with Gasteiger partial charge in [0.25, 0.3) is 0 Å². The summed E-state index contributed by atoms with van der Waals surface area (Å²) in [4.78, 5) is 22.5. The predicted molar refractivity (Wildman–Crippen MR) is 104 cm³/mol. The van der Waals surface area contributed by atoms with Crippen LogP contribution in [0.25, 0.3) is 22.6 Å². The van der Waals surface area contributed by atoms with Crippen LogP contribution in [0, 0.1) is 5.41 Å². The first-order chi connectivity index (χ1) is 13.7. The summed E-state index contributed by atoms with van der Waals surface area (Å²) < 4.78 is 30.5. The van der Waals surface area contributed by atoms with Crippen LogP contribution in [0.4, 0.5) is 8.78 Å². The SMILES string of the molecule is CC(C)(COc1ccc(-c2ccc(-c3ncc(CC(F)F)[nH]3)cn2)cc1)C(=O)O. The van der Waals surface area contributed by atoms with Gasteiger partial charge in [0.1, 0.15) is 18.2 Å². The molecule has 6 nitrogen and oxygen atoms in total. The number of H-pyrrole nitrogens is 1. The van der Waals surface area contributed by atoms with Crippen LogP contribution in [0.5, 0.6) is 5.75 Å². The van der Waals surface area contributed by atoms with Crippen molar-refractivity contribution >= 4 is 5.97 Å². The normalized spacial score (nSPS) is 11.6. The molecule has 0 saturated carbocycles. The number of nitrogens with one attached hydrogen (secondary N) is 1. The molecule has 8 heteroatoms. The summed E-state index contributed by atoms with van der Waals surface area (Å²) in [6.45, 7) is 3.26. The highest BCUT2D eigenvalue weighted by atomic mass is 19.3. The number of halogens is 2. The maximum Gasteiger partial charge on any atom is 0.312 e. The Morgan fingerprint density at radius 3 is 2.38 bits per heavy atom. The number of ether oxygens (including phenoxy) is 1. The lowest BCUT2D eigenvalue weighted by molar-refractivity contribution is -0.148. The average molecular weight is 401 g/mol. The highest BCUT2D eigenvalue weighted by Gasteiger charge is 2.28. The van der Waals surface area contributed by atoms with E-state index < -0.39 is 17.8 Å². The molecule has 152 valence electrons. The van der Waals surface area contributed by atoms with Crippen molar-refractivity contribution in [2.75, 3.05) is 6.61 Å². The Hall–Kier alpha value is -3.29. The minimum Gasteiger partial charge on any atom is -0.492 e. The number of aliphatic carboxylic acids is 1. The molecule has 2 aromatic heterocycles. The van der Waals surface area contributed by atoms with E-state index in [1.54, 1.807) is 32.2 Å². The van der Waals surface area contributed by atoms with Gasteiger partial charge >= 0.3 is 5.97 Å². The molecule has 0 atom stereocenters. The van der Waals surface area contributed by atoms with Crippen molar-refractivity contribution in [3.05, 3.63) is 54.5 Å². The molecule has 3 aromatic rings. The van der Waals surface area contributed by atoms with Gasteiger partial charge in [0.2, 0.25) is 6.43 Å². The third-order valence-corrected chi connectivity index (χ3v) is 4.37. The largest absolute Gasteiger partial charge is 0.492 e. The van der Waals surface area contributed by atoms with E-state index in [2.05, 4.69) is 15.0 Å². The van der Waals surface area contributed by atoms with E-state index in [4.69, 9.17) is 9.84 Å². The fraction of sp³-hybridized carbons (Fsp3) is 0.286. The Labute approximate surface area is 166 Å². The van der Waals surface area contributed by atoms with E-state index in [1.165, 1.54) is 6.20 Å². The number of carbonyl (C=O) groups is 1. The number of hydrogen-bond donors (Lipinski definition) is 2. The Morgan fingerprint density at radius 1 is 1.10 bits per heavy atom. The van der Waals surface area contributed by atoms with Crippen LogP contribution in [-0.4, -0.2) is 39.1 Å². The highest BCUT2D eigenvalue weighted by Crippen LogP contribution is 2.25. The number of aromatic nitrogens is 3. The Balaban J connectivity index is 1.67. The molecule has 1 aromatic carbocycles. The number of nitrogens with zero attached hydrogens (tertiary/aromatic N) is 2. The summed E-state index contributed by atoms with van der Waals surface area (Å²) in [7, 11) is 0. The summed E-state index contributed by atoms with van der Waals surface area (Å²) in [6.07, 6.45) is 0.238. The monoisotopic (exact) mass is 401 g/mol. The number of pyridine rings is 1. The van der Waals surface area contributed by atoms with Gasteiger partial charge < -0.3 is 14.8 Å². The number of alkyl halides is 2. The first-order valence-electron chi connectivity index (χ1n) is 9.00. The van der Waals surface area contributed by atoms with Gasteiger partial charge in [-0.3, -0.25) is 9.78 Å². The van der Waals surface area contributed by atoms with Gasteiger partial charge in [-0.15, -0.1) is 0 Å². The number of carboxylic acids is 1. The van der Waals surface area contributed by atoms with Crippen LogP contribution in [0.15, 0.2) is 48.8 Å². The van der Waals surface area contributed by atoms with Crippen LogP contribution in [0.1, 0.15) is 19.5 Å². The van der Waals surface area contributed by atoms with Gasteiger partial charge in [0.15, 0.2) is 0 Å². The molecule has 0 unspecified atom stereocenters. The second-order valence-electron chi connectivity index (χ2n) is 7.29. The Morgan fingerprint density at radius 2 is 1.79 bits per heavy atom. The van der Waals surface area contributed by atoms with Crippen LogP contribution >= 0.6 is 0 Å². The number of hydrogen-bond acceptors (Lipinski definition) is 4. The zero-order valence-corrected chi connectivity index (χ0v) is 16.0. The molecular weight excluding hydrogens is 380 g/mol. The van der Waals surface area contributed by atoms with Gasteiger partial charge in [0.05, 0.1) is 17.5 Å². The molecular formula is C21H21F2N3O3. The Bertz CT molecular complexity index is 968. The van der Waals surface area contributed by atoms with Crippen molar-refractivity contribution in [2.45, 2.75) is 26.7 Å². The van der Waals surface area contributed by atoms with Gasteiger partial charge in [-0.1, -0.05) is 0 Å². The van der Waals surface area contributed by atoms with Gasteiger partial charge in [-0.2, -0.15) is 0 Å². The molecule has 2 heterocycles. The van der Waals surface area contributed by atoms with Crippen molar-refractivity contribution in [2.24, 2.45) is 5.41 Å². The Kier molecular flexibility index (Phi) is 5.91. The summed E-state index contributed by atoms with van der Waals surface area (Å²) >= 11 is 0. The third-order valence-electron chi connectivity index (χ3n) is 4.37. The molecule has 0 saturated heterocycles. The first kappa shape index (κ1) is 20.4. The molecule has 3 rings (SSSR count). The second kappa shape index (κ2) is 8.38. The van der Waals surface area contributed by atoms with Crippen molar-refractivity contribution in [1.82, 2.24) is 15.0 Å². The minimum absolute atomic E-state index is 0.0608. The predicted octanol–water partition coefficient (Wildman–Crippen LogP) is 4.44. The molecule has 0 aliphatic carbocycles. The summed E-state index contributed by atoms with van der Waals surface area (Å²) in [5, 5.41) is 9.13. The first-order valence-corrected chi connectivity index (χ1v) is 9.00. The summed E-state index contributed by atoms with van der Waals surface area (Å²) in [5.41, 5.74) is 1.69. The zero-order chi connectivity index (χ0) is 21.0. The van der Waals surface area contributed by atoms with E-state index >= 15 is 0 Å². The van der Waals surface area contributed by atoms with Crippen LogP contribution in [-0.2, 0) is 11.2 Å². The molecule has 0 fully saturated rings. The van der Waals surface area contributed by atoms with E-state index in [1.807, 2.05) is 24.3 Å². The highest BCUT2D eigenvalue weighted by molar-refractivity contribution is 5.73. The van der Waals surface area contributed by atoms with Crippen molar-refractivity contribution in [1.29, 1.82) is 0 Å². The summed E-state index contributed by atoms with van der Waals surface area (Å²) in [5.74, 6) is 0.141. The lowest BCUT2D eigenvalue weighted by Crippen LogP contribution is -2.30. The van der Waals surface area contributed by atoms with Crippen molar-refractivity contribution in [3.63, 3.8) is 0 Å². The van der Waals surface area contributed by atoms with Crippen LogP contribution < -0.4 is 4.74 Å². The lowest BCUT2D eigenvalue weighted by Gasteiger charge is -2.19. The van der Waals surface area contributed by atoms with Crippen LogP contribution in [0.2, 0.25) is 0 Å². The van der Waals surface area contributed by atoms with Crippen molar-refractivity contribution in [3.8, 4) is 28.4 Å². The lowest BCUT2D eigenvalue weighted by atomic mass is 9.95. The standard InChI is InChI=1S/C21H21F2N3O3/c1-21(2,20(27)28)12-29-16-6-3-13(4-7-16)17-8-5-14(10-24-17)19-25-11-15(26-19)9-18(22)23/h3-8,10-11,18H,9,12H2,1-2H3,(H,25,26)(H,27,28). The molecule has 2 N–H and O–H groups in total. The fourth-order valence-electron chi connectivity index (χ4n) is 2.53. The third kappa shape index (κ3) is 5.16. The quantitative estimate of drug-likeness (QED) is 0.583. The topological polar surface area (TPSA) is 88.1 Å². The molecule has 0 radical (unpaired) electrons. The smallest absolute Gasteiger partial charge is 0.312 e. The molecule has 0 aliphatic heterocycles. The van der Waals surface area contributed by atoms with E-state index in [0.717, 1.165) is 11.3 Å². The van der Waals surface area contributed by atoms with Crippen LogP contribution in [0.3, 0.4) is 0 Å². The average Bonchev–Trinajstić information content (AvgIpc) is 3.14. The molecule has 29 heavy (non-hydrogen) atoms. The molecule has 0 bridgehead atoms. The fourth-order valence-corrected chi connectivity index (χ4v) is 2.53. The number of rotatable bonds is 8. The zero-order valence-electron chi connectivity index (χ0n) is 16.0. The van der Waals surface area contributed by atoms with E-state index in [-0.39, 0.29) is 13.0 Å². The maximum atomic E-state index is 12.4. The molecule has 0 spiro atoms. The van der Waals surface area contributed by atoms with E-state index in [9.17, 15) is 13.6 Å². The number of imidazole rings is 1. The second-order valence-corrected chi connectivity index (χ2v) is 7.29. The number of aromatic amines is 1. The minimum atomic E-state index is -2.43. The summed E-state index contributed by atoms with van der Waals surface area (Å²) in [6, 6.07) is 10.8.